The Morgan fingerprint density at radius 2 is 1.81 bits per heavy atom. The molecule has 0 aromatic heterocycles. The number of hydrogen-bond donors (Lipinski definition) is 7. The fourth-order valence-electron chi connectivity index (χ4n) is 3.36. The molecule has 0 unspecified atom stereocenters. The van der Waals surface area contributed by atoms with Gasteiger partial charge in [-0.1, -0.05) is 6.07 Å². The van der Waals surface area contributed by atoms with Gasteiger partial charge in [-0.2, -0.15) is 0 Å². The third kappa shape index (κ3) is 5.09. The van der Waals surface area contributed by atoms with E-state index in [2.05, 4.69) is 0 Å². The lowest BCUT2D eigenvalue weighted by Crippen LogP contribution is -2.61. The van der Waals surface area contributed by atoms with Crippen molar-refractivity contribution in [3.8, 4) is 11.5 Å². The lowest BCUT2D eigenvalue weighted by atomic mass is 10.0. The first kappa shape index (κ1) is 24.1. The number of aromatic hydroxyl groups is 2. The van der Waals surface area contributed by atoms with E-state index >= 15 is 0 Å². The van der Waals surface area contributed by atoms with Gasteiger partial charge in [-0.15, -0.1) is 0 Å². The minimum Gasteiger partial charge on any atom is -0.504 e. The van der Waals surface area contributed by atoms with Crippen LogP contribution in [0.15, 0.2) is 18.2 Å². The molecule has 2 aliphatic rings. The van der Waals surface area contributed by atoms with Crippen LogP contribution in [-0.2, 0) is 30.1 Å². The Bertz CT molecular complexity index is 732. The predicted octanol–water partition coefficient (Wildman–Crippen LogP) is -2.47. The number of methoxy groups -OCH3 is 1. The maximum absolute atomic E-state index is 10.5. The van der Waals surface area contributed by atoms with Crippen molar-refractivity contribution < 1.29 is 59.4 Å². The van der Waals surface area contributed by atoms with Gasteiger partial charge in [0.25, 0.3) is 0 Å². The van der Waals surface area contributed by atoms with Crippen LogP contribution < -0.4 is 0 Å². The third-order valence-corrected chi connectivity index (χ3v) is 5.32. The second-order valence-electron chi connectivity index (χ2n) is 7.52. The van der Waals surface area contributed by atoms with E-state index in [1.807, 2.05) is 0 Å². The van der Waals surface area contributed by atoms with Gasteiger partial charge in [-0.25, -0.2) is 0 Å². The van der Waals surface area contributed by atoms with Crippen LogP contribution in [0.2, 0.25) is 0 Å². The van der Waals surface area contributed by atoms with Gasteiger partial charge in [0.15, 0.2) is 30.4 Å². The summed E-state index contributed by atoms with van der Waals surface area (Å²) in [6.45, 7) is -1.15. The smallest absolute Gasteiger partial charge is 0.189 e. The molecule has 0 saturated carbocycles. The number of rotatable bonds is 8. The van der Waals surface area contributed by atoms with Crippen LogP contribution in [0, 0.1) is 0 Å². The number of benzene rings is 1. The van der Waals surface area contributed by atoms with Gasteiger partial charge in [-0.05, 0) is 24.1 Å². The number of phenols is 2. The van der Waals surface area contributed by atoms with E-state index in [9.17, 15) is 35.7 Å². The van der Waals surface area contributed by atoms with Crippen LogP contribution in [0.5, 0.6) is 11.5 Å². The second-order valence-corrected chi connectivity index (χ2v) is 7.52. The number of aliphatic hydroxyl groups excluding tert-OH is 4. The lowest BCUT2D eigenvalue weighted by molar-refractivity contribution is -0.368. The largest absolute Gasteiger partial charge is 0.504 e. The Hall–Kier alpha value is -1.58. The monoisotopic (exact) mass is 448 g/mol. The molecule has 7 N–H and O–H groups in total. The molecule has 8 atom stereocenters. The highest BCUT2D eigenvalue weighted by Gasteiger charge is 2.53. The molecule has 176 valence electrons. The summed E-state index contributed by atoms with van der Waals surface area (Å²) in [5.74, 6) is -0.541. The highest BCUT2D eigenvalue weighted by Crippen LogP contribution is 2.31. The van der Waals surface area contributed by atoms with Crippen LogP contribution in [0.4, 0.5) is 0 Å². The van der Waals surface area contributed by atoms with Crippen LogP contribution in [0.25, 0.3) is 0 Å². The van der Waals surface area contributed by atoms with E-state index in [1.165, 1.54) is 19.2 Å². The number of hydrogen-bond acceptors (Lipinski definition) is 12. The van der Waals surface area contributed by atoms with Crippen LogP contribution >= 0.6 is 0 Å². The predicted molar refractivity (Wildman–Crippen MR) is 99.8 cm³/mol. The highest BCUT2D eigenvalue weighted by atomic mass is 16.8. The standard InChI is InChI=1S/C19H28O12/c1-27-16-13(24)12(23)14(30-18-15(25)19(26,7-20)8-29-18)17(31-16)28-5-4-9-2-3-10(21)11(22)6-9/h2-3,6,12-18,20-26H,4-5,7-8H2,1H3/t12-,13-,14+,15+,16-,17+,18+,19-/m0/s1. The molecule has 2 heterocycles. The number of phenolic OH excluding ortho intramolecular Hbond substituents is 2. The summed E-state index contributed by atoms with van der Waals surface area (Å²) in [6, 6.07) is 4.28. The highest BCUT2D eigenvalue weighted by molar-refractivity contribution is 5.40. The van der Waals surface area contributed by atoms with E-state index in [4.69, 9.17) is 23.7 Å². The average Bonchev–Trinajstić information content (AvgIpc) is 3.04. The summed E-state index contributed by atoms with van der Waals surface area (Å²) in [5, 5.41) is 69.2. The molecule has 0 spiro atoms. The maximum Gasteiger partial charge on any atom is 0.189 e. The maximum atomic E-state index is 10.5. The van der Waals surface area contributed by atoms with Crippen molar-refractivity contribution >= 4 is 0 Å². The Balaban J connectivity index is 1.67. The first-order valence-electron chi connectivity index (χ1n) is 9.65. The summed E-state index contributed by atoms with van der Waals surface area (Å²) in [4.78, 5) is 0. The number of aliphatic hydroxyl groups is 5. The zero-order valence-corrected chi connectivity index (χ0v) is 16.8. The normalized spacial score (nSPS) is 38.5. The van der Waals surface area contributed by atoms with Gasteiger partial charge < -0.3 is 59.4 Å². The SMILES string of the molecule is CO[C@H]1O[C@@H](OCCc2ccc(O)c(O)c2)[C@H](O[C@H]2OC[C@@](O)(CO)[C@@H]2O)[C@@H](O)[C@@H]1O. The van der Waals surface area contributed by atoms with E-state index in [1.54, 1.807) is 6.07 Å². The first-order valence-corrected chi connectivity index (χ1v) is 9.65. The fourth-order valence-corrected chi connectivity index (χ4v) is 3.36. The Morgan fingerprint density at radius 3 is 2.42 bits per heavy atom. The molecule has 2 fully saturated rings. The van der Waals surface area contributed by atoms with Crippen molar-refractivity contribution in [2.75, 3.05) is 26.9 Å². The Kier molecular flexibility index (Phi) is 7.70. The quantitative estimate of drug-likeness (QED) is 0.208. The molecule has 2 saturated heterocycles. The molecule has 2 aliphatic heterocycles. The molecular formula is C19H28O12. The molecule has 0 amide bonds. The molecule has 12 nitrogen and oxygen atoms in total. The minimum absolute atomic E-state index is 0.0304. The van der Waals surface area contributed by atoms with Gasteiger partial charge in [-0.3, -0.25) is 0 Å². The molecular weight excluding hydrogens is 420 g/mol. The molecule has 1 aromatic rings. The summed E-state index contributed by atoms with van der Waals surface area (Å²) in [6.07, 6.45) is -9.62. The van der Waals surface area contributed by atoms with Crippen LogP contribution in [0.3, 0.4) is 0 Å². The zero-order chi connectivity index (χ0) is 22.8. The minimum atomic E-state index is -1.93. The Labute approximate surface area is 177 Å². The van der Waals surface area contributed by atoms with Gasteiger partial charge in [0.2, 0.25) is 0 Å². The molecule has 3 rings (SSSR count). The van der Waals surface area contributed by atoms with E-state index in [-0.39, 0.29) is 18.1 Å². The van der Waals surface area contributed by atoms with E-state index in [0.717, 1.165) is 0 Å². The summed E-state index contributed by atoms with van der Waals surface area (Å²) in [7, 11) is 1.27. The zero-order valence-electron chi connectivity index (χ0n) is 16.8. The van der Waals surface area contributed by atoms with Gasteiger partial charge >= 0.3 is 0 Å². The molecule has 12 heteroatoms. The number of ether oxygens (including phenoxy) is 5. The summed E-state index contributed by atoms with van der Waals surface area (Å²) < 4.78 is 26.9. The van der Waals surface area contributed by atoms with Crippen molar-refractivity contribution in [3.63, 3.8) is 0 Å². The van der Waals surface area contributed by atoms with E-state index < -0.39 is 62.1 Å². The van der Waals surface area contributed by atoms with Gasteiger partial charge in [0.05, 0.1) is 19.8 Å². The van der Waals surface area contributed by atoms with Gasteiger partial charge in [0, 0.05) is 7.11 Å². The average molecular weight is 448 g/mol. The van der Waals surface area contributed by atoms with Crippen molar-refractivity contribution in [3.05, 3.63) is 23.8 Å². The molecule has 0 bridgehead atoms. The molecule has 1 aromatic carbocycles. The van der Waals surface area contributed by atoms with Crippen molar-refractivity contribution in [2.45, 2.75) is 55.3 Å². The summed E-state index contributed by atoms with van der Waals surface area (Å²) in [5.41, 5.74) is -1.29. The molecule has 0 aliphatic carbocycles. The third-order valence-electron chi connectivity index (χ3n) is 5.32. The van der Waals surface area contributed by atoms with Crippen molar-refractivity contribution in [2.24, 2.45) is 0 Å². The topological polar surface area (TPSA) is 188 Å². The van der Waals surface area contributed by atoms with Gasteiger partial charge in [0.1, 0.15) is 30.0 Å². The molecule has 31 heavy (non-hydrogen) atoms. The molecule has 0 radical (unpaired) electrons. The first-order chi connectivity index (χ1) is 14.7. The van der Waals surface area contributed by atoms with E-state index in [0.29, 0.717) is 12.0 Å². The van der Waals surface area contributed by atoms with Crippen LogP contribution in [0.1, 0.15) is 5.56 Å². The summed E-state index contributed by atoms with van der Waals surface area (Å²) >= 11 is 0. The lowest BCUT2D eigenvalue weighted by Gasteiger charge is -2.42. The second kappa shape index (κ2) is 9.92. The van der Waals surface area contributed by atoms with Crippen LogP contribution in [-0.4, -0.2) is 112 Å². The van der Waals surface area contributed by atoms with Crippen molar-refractivity contribution in [1.82, 2.24) is 0 Å². The Morgan fingerprint density at radius 1 is 1.06 bits per heavy atom. The van der Waals surface area contributed by atoms with Crippen molar-refractivity contribution in [1.29, 1.82) is 0 Å². The fraction of sp³-hybridized carbons (Fsp3) is 0.684.